The van der Waals surface area contributed by atoms with Crippen molar-refractivity contribution in [2.75, 3.05) is 13.7 Å². The van der Waals surface area contributed by atoms with Crippen LogP contribution in [0, 0.1) is 0 Å². The molecule has 0 aromatic heterocycles. The molecule has 2 atom stereocenters. The van der Waals surface area contributed by atoms with Crippen LogP contribution in [0.2, 0.25) is 0 Å². The monoisotopic (exact) mass is 230 g/mol. The predicted octanol–water partition coefficient (Wildman–Crippen LogP) is 4.18. The molecule has 0 saturated heterocycles. The van der Waals surface area contributed by atoms with E-state index in [9.17, 15) is 0 Å². The SMILES string of the molecule is CCCC(C)(CC)OCCC(C)(CC)OC. The van der Waals surface area contributed by atoms with Gasteiger partial charge in [0.05, 0.1) is 17.8 Å². The van der Waals surface area contributed by atoms with Crippen LogP contribution in [0.15, 0.2) is 0 Å². The highest BCUT2D eigenvalue weighted by Gasteiger charge is 2.25. The Hall–Kier alpha value is -0.0800. The Morgan fingerprint density at radius 1 is 0.875 bits per heavy atom. The lowest BCUT2D eigenvalue weighted by atomic mass is 9.96. The third-order valence-corrected chi connectivity index (χ3v) is 3.85. The molecule has 0 fully saturated rings. The average Bonchev–Trinajstić information content (AvgIpc) is 2.29. The van der Waals surface area contributed by atoms with Crippen LogP contribution in [-0.2, 0) is 9.47 Å². The van der Waals surface area contributed by atoms with E-state index in [2.05, 4.69) is 34.6 Å². The van der Waals surface area contributed by atoms with Gasteiger partial charge in [-0.1, -0.05) is 27.2 Å². The van der Waals surface area contributed by atoms with E-state index in [4.69, 9.17) is 9.47 Å². The smallest absolute Gasteiger partial charge is 0.0670 e. The molecule has 16 heavy (non-hydrogen) atoms. The number of hydrogen-bond acceptors (Lipinski definition) is 2. The minimum absolute atomic E-state index is 0.0269. The lowest BCUT2D eigenvalue weighted by Crippen LogP contribution is -2.33. The van der Waals surface area contributed by atoms with E-state index in [0.717, 1.165) is 32.3 Å². The van der Waals surface area contributed by atoms with Crippen molar-refractivity contribution in [1.82, 2.24) is 0 Å². The molecule has 0 spiro atoms. The zero-order valence-electron chi connectivity index (χ0n) is 12.1. The number of rotatable bonds is 9. The maximum atomic E-state index is 6.04. The van der Waals surface area contributed by atoms with Gasteiger partial charge in [-0.05, 0) is 39.5 Å². The fourth-order valence-corrected chi connectivity index (χ4v) is 1.82. The molecule has 0 aliphatic carbocycles. The van der Waals surface area contributed by atoms with Crippen LogP contribution >= 0.6 is 0 Å². The standard InChI is InChI=1S/C14H30O2/c1-7-10-14(5,9-3)16-12-11-13(4,8-2)15-6/h7-12H2,1-6H3. The molecule has 2 unspecified atom stereocenters. The molecule has 0 rings (SSSR count). The van der Waals surface area contributed by atoms with Crippen LogP contribution in [0.1, 0.15) is 66.7 Å². The molecule has 98 valence electrons. The number of methoxy groups -OCH3 is 1. The maximum absolute atomic E-state index is 6.04. The summed E-state index contributed by atoms with van der Waals surface area (Å²) in [4.78, 5) is 0. The highest BCUT2D eigenvalue weighted by molar-refractivity contribution is 4.76. The van der Waals surface area contributed by atoms with Crippen molar-refractivity contribution in [2.24, 2.45) is 0 Å². The van der Waals surface area contributed by atoms with Crippen molar-refractivity contribution in [3.05, 3.63) is 0 Å². The topological polar surface area (TPSA) is 18.5 Å². The van der Waals surface area contributed by atoms with E-state index >= 15 is 0 Å². The van der Waals surface area contributed by atoms with Crippen molar-refractivity contribution in [3.63, 3.8) is 0 Å². The Bertz CT molecular complexity index is 176. The summed E-state index contributed by atoms with van der Waals surface area (Å²) in [6.45, 7) is 11.7. The first kappa shape index (κ1) is 15.9. The third-order valence-electron chi connectivity index (χ3n) is 3.85. The molecule has 0 aliphatic rings. The highest BCUT2D eigenvalue weighted by Crippen LogP contribution is 2.24. The quantitative estimate of drug-likeness (QED) is 0.591. The third kappa shape index (κ3) is 5.31. The van der Waals surface area contributed by atoms with E-state index in [0.29, 0.717) is 0 Å². The molecule has 0 aromatic carbocycles. The van der Waals surface area contributed by atoms with E-state index in [1.54, 1.807) is 7.11 Å². The molecule has 0 N–H and O–H groups in total. The van der Waals surface area contributed by atoms with Gasteiger partial charge >= 0.3 is 0 Å². The van der Waals surface area contributed by atoms with Crippen molar-refractivity contribution >= 4 is 0 Å². The number of ether oxygens (including phenoxy) is 2. The first-order valence-corrected chi connectivity index (χ1v) is 6.64. The Kier molecular flexibility index (Phi) is 7.25. The number of hydrogen-bond donors (Lipinski definition) is 0. The fraction of sp³-hybridized carbons (Fsp3) is 1.00. The summed E-state index contributed by atoms with van der Waals surface area (Å²) in [5.41, 5.74) is 0.0258. The van der Waals surface area contributed by atoms with Gasteiger partial charge in [0.25, 0.3) is 0 Å². The molecule has 0 aromatic rings. The van der Waals surface area contributed by atoms with E-state index in [-0.39, 0.29) is 11.2 Å². The molecule has 0 saturated carbocycles. The fourth-order valence-electron chi connectivity index (χ4n) is 1.82. The minimum atomic E-state index is -0.0269. The second kappa shape index (κ2) is 7.29. The molecule has 2 nitrogen and oxygen atoms in total. The maximum Gasteiger partial charge on any atom is 0.0670 e. The largest absolute Gasteiger partial charge is 0.378 e. The summed E-state index contributed by atoms with van der Waals surface area (Å²) in [5, 5.41) is 0. The zero-order chi connectivity index (χ0) is 12.7. The average molecular weight is 230 g/mol. The van der Waals surface area contributed by atoms with Crippen molar-refractivity contribution < 1.29 is 9.47 Å². The summed E-state index contributed by atoms with van der Waals surface area (Å²) in [6, 6.07) is 0. The highest BCUT2D eigenvalue weighted by atomic mass is 16.5. The van der Waals surface area contributed by atoms with E-state index in [1.807, 2.05) is 0 Å². The summed E-state index contributed by atoms with van der Waals surface area (Å²) in [7, 11) is 1.79. The first-order valence-electron chi connectivity index (χ1n) is 6.64. The molecule has 0 bridgehead atoms. The summed E-state index contributed by atoms with van der Waals surface area (Å²) >= 11 is 0. The van der Waals surface area contributed by atoms with Gasteiger partial charge in [0.1, 0.15) is 0 Å². The first-order chi connectivity index (χ1) is 7.45. The predicted molar refractivity (Wildman–Crippen MR) is 69.9 cm³/mol. The summed E-state index contributed by atoms with van der Waals surface area (Å²) in [6.07, 6.45) is 5.40. The van der Waals surface area contributed by atoms with Gasteiger partial charge in [0.15, 0.2) is 0 Å². The lowest BCUT2D eigenvalue weighted by Gasteiger charge is -2.32. The second-order valence-electron chi connectivity index (χ2n) is 5.16. The van der Waals surface area contributed by atoms with Crippen LogP contribution in [-0.4, -0.2) is 24.9 Å². The molecule has 0 aliphatic heterocycles. The molecular weight excluding hydrogens is 200 g/mol. The van der Waals surface area contributed by atoms with Crippen LogP contribution in [0.3, 0.4) is 0 Å². The van der Waals surface area contributed by atoms with Gasteiger partial charge in [-0.3, -0.25) is 0 Å². The zero-order valence-corrected chi connectivity index (χ0v) is 12.1. The summed E-state index contributed by atoms with van der Waals surface area (Å²) < 4.78 is 11.6. The van der Waals surface area contributed by atoms with Gasteiger partial charge in [-0.15, -0.1) is 0 Å². The van der Waals surface area contributed by atoms with Crippen LogP contribution in [0.25, 0.3) is 0 Å². The molecule has 0 amide bonds. The van der Waals surface area contributed by atoms with Crippen LogP contribution in [0.4, 0.5) is 0 Å². The Morgan fingerprint density at radius 3 is 1.81 bits per heavy atom. The van der Waals surface area contributed by atoms with Crippen LogP contribution in [0.5, 0.6) is 0 Å². The van der Waals surface area contributed by atoms with Crippen molar-refractivity contribution in [1.29, 1.82) is 0 Å². The van der Waals surface area contributed by atoms with Gasteiger partial charge in [-0.25, -0.2) is 0 Å². The van der Waals surface area contributed by atoms with Crippen molar-refractivity contribution in [3.8, 4) is 0 Å². The van der Waals surface area contributed by atoms with Gasteiger partial charge < -0.3 is 9.47 Å². The Morgan fingerprint density at radius 2 is 1.44 bits per heavy atom. The summed E-state index contributed by atoms with van der Waals surface area (Å²) in [5.74, 6) is 0. The Balaban J connectivity index is 4.03. The van der Waals surface area contributed by atoms with E-state index in [1.165, 1.54) is 6.42 Å². The van der Waals surface area contributed by atoms with Gasteiger partial charge in [0, 0.05) is 7.11 Å². The minimum Gasteiger partial charge on any atom is -0.378 e. The van der Waals surface area contributed by atoms with Crippen molar-refractivity contribution in [2.45, 2.75) is 77.9 Å². The normalized spacial score (nSPS) is 19.1. The lowest BCUT2D eigenvalue weighted by molar-refractivity contribution is -0.0779. The van der Waals surface area contributed by atoms with E-state index < -0.39 is 0 Å². The molecular formula is C14H30O2. The van der Waals surface area contributed by atoms with Gasteiger partial charge in [-0.2, -0.15) is 0 Å². The Labute approximate surface area is 102 Å². The molecule has 0 heterocycles. The molecule has 0 radical (unpaired) electrons. The molecule has 2 heteroatoms. The van der Waals surface area contributed by atoms with Crippen LogP contribution < -0.4 is 0 Å². The van der Waals surface area contributed by atoms with Gasteiger partial charge in [0.2, 0.25) is 0 Å². The second-order valence-corrected chi connectivity index (χ2v) is 5.16.